The smallest absolute Gasteiger partial charge is 0.656 e. The fourth-order valence-electron chi connectivity index (χ4n) is 8.97. The van der Waals surface area contributed by atoms with Gasteiger partial charge in [0.05, 0.1) is 11.4 Å². The average molecular weight is 1010 g/mol. The van der Waals surface area contributed by atoms with Crippen molar-refractivity contribution in [2.24, 2.45) is 0 Å². The van der Waals surface area contributed by atoms with Gasteiger partial charge in [-0.1, -0.05) is 198 Å². The maximum atomic E-state index is 5.65. The summed E-state index contributed by atoms with van der Waals surface area (Å²) in [7, 11) is 0. The van der Waals surface area contributed by atoms with Crippen molar-refractivity contribution >= 4 is 21.8 Å². The Kier molecular flexibility index (Phi) is 10.2. The van der Waals surface area contributed by atoms with Crippen LogP contribution < -0.4 is 4.98 Å². The summed E-state index contributed by atoms with van der Waals surface area (Å²) in [6.07, 6.45) is 0. The molecule has 4 heteroatoms. The molecule has 0 spiro atoms. The zero-order valence-corrected chi connectivity index (χ0v) is 39.2. The first kappa shape index (κ1) is 41.3. The Balaban J connectivity index is 0.00000484. The van der Waals surface area contributed by atoms with E-state index in [0.717, 1.165) is 89.1 Å². The number of nitrogens with zero attached hydrogens (tertiary/aromatic N) is 3. The van der Waals surface area contributed by atoms with E-state index in [-0.39, 0.29) is 31.9 Å². The molecule has 3 nitrogen and oxygen atoms in total. The van der Waals surface area contributed by atoms with Gasteiger partial charge in [-0.3, -0.25) is 9.97 Å². The topological polar surface area (TPSA) is 39.9 Å². The Bertz CT molecular complexity index is 3150. The molecule has 8 bridgehead atoms. The molecule has 0 atom stereocenters. The maximum absolute atomic E-state index is 5.65. The molecule has 1 aliphatic heterocycles. The van der Waals surface area contributed by atoms with Gasteiger partial charge in [0.1, 0.15) is 0 Å². The zero-order valence-electron chi connectivity index (χ0n) is 36.9. The summed E-state index contributed by atoms with van der Waals surface area (Å²) in [5.74, 6) is 0. The minimum Gasteiger partial charge on any atom is -0.656 e. The Morgan fingerprint density at radius 3 is 1.08 bits per heavy atom. The van der Waals surface area contributed by atoms with Crippen molar-refractivity contribution in [3.63, 3.8) is 0 Å². The third kappa shape index (κ3) is 7.52. The number of aromatic nitrogens is 3. The quantitative estimate of drug-likeness (QED) is 0.165. The van der Waals surface area contributed by atoms with E-state index in [9.17, 15) is 0 Å². The van der Waals surface area contributed by atoms with Crippen molar-refractivity contribution in [3.05, 3.63) is 193 Å². The Morgan fingerprint density at radius 2 is 0.703 bits per heavy atom. The minimum atomic E-state index is -0.128. The van der Waals surface area contributed by atoms with Crippen LogP contribution in [0.15, 0.2) is 176 Å². The fourth-order valence-corrected chi connectivity index (χ4v) is 8.97. The Labute approximate surface area is 390 Å². The van der Waals surface area contributed by atoms with Crippen LogP contribution in [0, 0.1) is 6.07 Å². The fraction of sp³-hybridized carbons (Fsp3) is 0.133. The van der Waals surface area contributed by atoms with Crippen LogP contribution in [0.4, 0.5) is 0 Å². The maximum Gasteiger partial charge on any atom is 2.00 e. The summed E-state index contributed by atoms with van der Waals surface area (Å²) in [6.45, 7) is 13.7. The van der Waals surface area contributed by atoms with Crippen molar-refractivity contribution in [2.45, 2.75) is 52.4 Å². The molecule has 1 aliphatic rings. The predicted octanol–water partition coefficient (Wildman–Crippen LogP) is 15.8. The van der Waals surface area contributed by atoms with E-state index in [1.807, 2.05) is 0 Å². The largest absolute Gasteiger partial charge is 2.00 e. The van der Waals surface area contributed by atoms with E-state index in [2.05, 4.69) is 224 Å². The first-order chi connectivity index (χ1) is 30.4. The molecule has 4 heterocycles. The van der Waals surface area contributed by atoms with Gasteiger partial charge in [-0.05, 0) is 100 Å². The number of benzene rings is 7. The molecule has 312 valence electrons. The van der Waals surface area contributed by atoms with E-state index >= 15 is 0 Å². The molecule has 0 unspecified atom stereocenters. The third-order valence-corrected chi connectivity index (χ3v) is 12.7. The van der Waals surface area contributed by atoms with Gasteiger partial charge >= 0.3 is 21.1 Å². The summed E-state index contributed by atoms with van der Waals surface area (Å²) in [5.41, 5.74) is 20.6. The standard InChI is InChI=1S/C60H47N3.Pt/c1-59(2,3)47-33-49-50-34-48(60(4,5)6)36-52-56-32-46(42-26-22-40(23-27-42)38-16-11-8-12-17-38)30-54(62-56)44-19-13-18-43(28-44)53-29-45(31-55(61-53)51(35-47)57(49)63-58(50)52)41-24-20-39(21-25-41)37-14-9-7-10-15-37;/h7-27,29-36H,1-6H3;/q-2;+2. The van der Waals surface area contributed by atoms with Crippen molar-refractivity contribution in [1.82, 2.24) is 15.0 Å². The van der Waals surface area contributed by atoms with Gasteiger partial charge in [-0.15, -0.1) is 35.3 Å². The SMILES string of the molecule is CC(C)(C)c1cc2c3[n-]c4c(cc(C(C)(C)C)cc4c3c1)-c1cc(-c3ccc(-c4ccccc4)cc3)cc(n1)-c1[c-]c(ccc1)-c1cc(-c3ccc(-c4ccccc4)cc3)cc-2n1.[Pt+2]. The van der Waals surface area contributed by atoms with Crippen LogP contribution in [-0.4, -0.2) is 9.97 Å². The zero-order chi connectivity index (χ0) is 43.0. The molecule has 0 N–H and O–H groups in total. The minimum absolute atomic E-state index is 0. The monoisotopic (exact) mass is 1000 g/mol. The summed E-state index contributed by atoms with van der Waals surface area (Å²) < 4.78 is 0. The van der Waals surface area contributed by atoms with E-state index in [0.29, 0.717) is 0 Å². The summed E-state index contributed by atoms with van der Waals surface area (Å²) in [6, 6.07) is 67.3. The molecule has 3 aromatic heterocycles. The van der Waals surface area contributed by atoms with Gasteiger partial charge in [0.2, 0.25) is 0 Å². The molecule has 7 aromatic carbocycles. The number of hydrogen-bond donors (Lipinski definition) is 0. The van der Waals surface area contributed by atoms with Gasteiger partial charge in [0, 0.05) is 11.4 Å². The van der Waals surface area contributed by atoms with Crippen LogP contribution in [0.25, 0.3) is 111 Å². The van der Waals surface area contributed by atoms with Crippen LogP contribution in [0.5, 0.6) is 0 Å². The molecule has 0 saturated carbocycles. The molecular weight excluding hydrogens is 958 g/mol. The molecule has 0 radical (unpaired) electrons. The van der Waals surface area contributed by atoms with Gasteiger partial charge in [-0.25, -0.2) is 0 Å². The Morgan fingerprint density at radius 1 is 0.359 bits per heavy atom. The van der Waals surface area contributed by atoms with Crippen molar-refractivity contribution in [3.8, 4) is 89.5 Å². The van der Waals surface area contributed by atoms with Gasteiger partial charge in [-0.2, -0.15) is 0 Å². The molecule has 64 heavy (non-hydrogen) atoms. The third-order valence-electron chi connectivity index (χ3n) is 12.7. The van der Waals surface area contributed by atoms with Crippen LogP contribution in [0.2, 0.25) is 0 Å². The van der Waals surface area contributed by atoms with Gasteiger partial charge < -0.3 is 4.98 Å². The predicted molar refractivity (Wildman–Crippen MR) is 264 cm³/mol. The first-order valence-corrected chi connectivity index (χ1v) is 21.9. The molecule has 0 fully saturated rings. The molecule has 0 aliphatic carbocycles. The summed E-state index contributed by atoms with van der Waals surface area (Å²) in [4.78, 5) is 16.7. The molecule has 10 aromatic rings. The van der Waals surface area contributed by atoms with E-state index in [1.54, 1.807) is 0 Å². The van der Waals surface area contributed by atoms with Crippen LogP contribution in [0.3, 0.4) is 0 Å². The van der Waals surface area contributed by atoms with Crippen LogP contribution >= 0.6 is 0 Å². The molecule has 0 amide bonds. The molecule has 11 rings (SSSR count). The summed E-state index contributed by atoms with van der Waals surface area (Å²) >= 11 is 0. The Hall–Kier alpha value is -6.67. The van der Waals surface area contributed by atoms with Crippen LogP contribution in [0.1, 0.15) is 52.7 Å². The van der Waals surface area contributed by atoms with Gasteiger partial charge in [0.15, 0.2) is 0 Å². The number of hydrogen-bond acceptors (Lipinski definition) is 2. The van der Waals surface area contributed by atoms with Crippen molar-refractivity contribution in [1.29, 1.82) is 0 Å². The molecular formula is C60H47N3Pt. The normalized spacial score (nSPS) is 12.1. The van der Waals surface area contributed by atoms with Crippen LogP contribution in [-0.2, 0) is 31.9 Å². The number of pyridine rings is 2. The van der Waals surface area contributed by atoms with Gasteiger partial charge in [0.25, 0.3) is 0 Å². The summed E-state index contributed by atoms with van der Waals surface area (Å²) in [5, 5.41) is 2.27. The van der Waals surface area contributed by atoms with E-state index in [4.69, 9.17) is 15.0 Å². The second-order valence-electron chi connectivity index (χ2n) is 19.1. The second-order valence-corrected chi connectivity index (χ2v) is 19.1. The first-order valence-electron chi connectivity index (χ1n) is 21.9. The average Bonchev–Trinajstić information content (AvgIpc) is 3.69. The molecule has 0 saturated heterocycles. The van der Waals surface area contributed by atoms with E-state index < -0.39 is 0 Å². The number of rotatable bonds is 4. The van der Waals surface area contributed by atoms with E-state index in [1.165, 1.54) is 33.4 Å². The number of fused-ring (bicyclic) bond motifs is 11. The van der Waals surface area contributed by atoms with Crippen molar-refractivity contribution in [2.75, 3.05) is 0 Å². The van der Waals surface area contributed by atoms with Crippen molar-refractivity contribution < 1.29 is 21.1 Å². The second kappa shape index (κ2) is 15.8.